The molecule has 0 aliphatic carbocycles. The molecule has 4 heteroatoms. The van der Waals surface area contributed by atoms with E-state index in [1.807, 2.05) is 14.8 Å². The molecule has 4 atom stereocenters. The average molecular weight is 197 g/mol. The standard InChI is InChI=1S/C10H20BNO2/c1-4-7-6(3)9(10(11)14-7)12-8(13)5-2/h6-7,9-10H,4-5,11H2,1-3H3,(H,12,13)/t6?,7-,9?,10-/m1/s1. The number of hydrogen-bond donors (Lipinski definition) is 1. The van der Waals surface area contributed by atoms with Crippen LogP contribution in [0.15, 0.2) is 0 Å². The van der Waals surface area contributed by atoms with Gasteiger partial charge < -0.3 is 10.1 Å². The molecule has 2 unspecified atom stereocenters. The van der Waals surface area contributed by atoms with Gasteiger partial charge in [-0.1, -0.05) is 20.8 Å². The highest BCUT2D eigenvalue weighted by Gasteiger charge is 2.38. The summed E-state index contributed by atoms with van der Waals surface area (Å²) in [7, 11) is 2.03. The van der Waals surface area contributed by atoms with Crippen LogP contribution in [0.1, 0.15) is 33.6 Å². The number of rotatable bonds is 3. The first-order valence-electron chi connectivity index (χ1n) is 5.54. The van der Waals surface area contributed by atoms with Crippen molar-refractivity contribution in [3.8, 4) is 0 Å². The van der Waals surface area contributed by atoms with E-state index in [1.165, 1.54) is 0 Å². The zero-order valence-electron chi connectivity index (χ0n) is 9.54. The molecular weight excluding hydrogens is 177 g/mol. The van der Waals surface area contributed by atoms with Gasteiger partial charge in [0.05, 0.1) is 12.1 Å². The molecule has 0 radical (unpaired) electrons. The monoisotopic (exact) mass is 197 g/mol. The van der Waals surface area contributed by atoms with Gasteiger partial charge in [0.15, 0.2) is 0 Å². The van der Waals surface area contributed by atoms with Gasteiger partial charge >= 0.3 is 0 Å². The van der Waals surface area contributed by atoms with E-state index in [0.29, 0.717) is 18.4 Å². The Kier molecular flexibility index (Phi) is 3.99. The van der Waals surface area contributed by atoms with Crippen molar-refractivity contribution in [1.29, 1.82) is 0 Å². The molecule has 80 valence electrons. The summed E-state index contributed by atoms with van der Waals surface area (Å²) in [5.41, 5.74) is 0. The van der Waals surface area contributed by atoms with E-state index in [2.05, 4.69) is 19.2 Å². The van der Waals surface area contributed by atoms with Gasteiger partial charge in [-0.25, -0.2) is 0 Å². The predicted molar refractivity (Wildman–Crippen MR) is 58.9 cm³/mol. The zero-order chi connectivity index (χ0) is 10.7. The second kappa shape index (κ2) is 4.83. The van der Waals surface area contributed by atoms with E-state index >= 15 is 0 Å². The van der Waals surface area contributed by atoms with Crippen LogP contribution < -0.4 is 5.32 Å². The maximum Gasteiger partial charge on any atom is 0.220 e. The molecule has 0 bridgehead atoms. The number of carbonyl (C=O) groups is 1. The second-order valence-corrected chi connectivity index (χ2v) is 4.09. The quantitative estimate of drug-likeness (QED) is 0.660. The molecule has 3 nitrogen and oxygen atoms in total. The Hall–Kier alpha value is -0.505. The van der Waals surface area contributed by atoms with Gasteiger partial charge in [0.25, 0.3) is 0 Å². The van der Waals surface area contributed by atoms with Crippen molar-refractivity contribution in [2.45, 2.75) is 51.8 Å². The van der Waals surface area contributed by atoms with E-state index in [1.54, 1.807) is 0 Å². The van der Waals surface area contributed by atoms with E-state index in [9.17, 15) is 4.79 Å². The summed E-state index contributed by atoms with van der Waals surface area (Å²) in [6.45, 7) is 6.15. The Morgan fingerprint density at radius 1 is 1.50 bits per heavy atom. The molecule has 0 aromatic heterocycles. The van der Waals surface area contributed by atoms with Gasteiger partial charge in [0.2, 0.25) is 5.91 Å². The summed E-state index contributed by atoms with van der Waals surface area (Å²) in [6.07, 6.45) is 1.86. The maximum absolute atomic E-state index is 11.3. The van der Waals surface area contributed by atoms with Crippen LogP contribution in [0.3, 0.4) is 0 Å². The minimum Gasteiger partial charge on any atom is -0.382 e. The fourth-order valence-electron chi connectivity index (χ4n) is 2.15. The molecule has 1 heterocycles. The van der Waals surface area contributed by atoms with Crippen LogP contribution in [0.4, 0.5) is 0 Å². The second-order valence-electron chi connectivity index (χ2n) is 4.09. The molecule has 0 saturated carbocycles. The van der Waals surface area contributed by atoms with Crippen molar-refractivity contribution in [2.75, 3.05) is 0 Å². The molecule has 1 N–H and O–H groups in total. The Bertz CT molecular complexity index is 210. The molecule has 1 fully saturated rings. The number of carbonyl (C=O) groups excluding carboxylic acids is 1. The first kappa shape index (κ1) is 11.6. The van der Waals surface area contributed by atoms with Crippen molar-refractivity contribution >= 4 is 13.8 Å². The minimum absolute atomic E-state index is 0.119. The van der Waals surface area contributed by atoms with E-state index in [4.69, 9.17) is 4.74 Å². The van der Waals surface area contributed by atoms with Crippen molar-refractivity contribution in [2.24, 2.45) is 5.92 Å². The van der Waals surface area contributed by atoms with Crippen molar-refractivity contribution in [3.05, 3.63) is 0 Å². The van der Waals surface area contributed by atoms with Crippen LogP contribution in [0.5, 0.6) is 0 Å². The summed E-state index contributed by atoms with van der Waals surface area (Å²) >= 11 is 0. The maximum atomic E-state index is 11.3. The largest absolute Gasteiger partial charge is 0.382 e. The van der Waals surface area contributed by atoms with Crippen LogP contribution in [0.25, 0.3) is 0 Å². The lowest BCUT2D eigenvalue weighted by Gasteiger charge is -2.20. The zero-order valence-corrected chi connectivity index (χ0v) is 9.54. The lowest BCUT2D eigenvalue weighted by molar-refractivity contribution is -0.121. The van der Waals surface area contributed by atoms with Gasteiger partial charge in [-0.05, 0) is 6.42 Å². The molecule has 0 spiro atoms. The van der Waals surface area contributed by atoms with Crippen LogP contribution in [0, 0.1) is 5.92 Å². The molecule has 1 saturated heterocycles. The fourth-order valence-corrected chi connectivity index (χ4v) is 2.15. The number of hydrogen-bond acceptors (Lipinski definition) is 2. The molecular formula is C10H20BNO2. The molecule has 1 rings (SSSR count). The molecule has 0 aromatic carbocycles. The lowest BCUT2D eigenvalue weighted by Crippen LogP contribution is -2.44. The predicted octanol–water partition coefficient (Wildman–Crippen LogP) is 0.285. The SMILES string of the molecule is B[C@@H]1O[C@H](CC)C(C)C1NC(=O)CC. The summed E-state index contributed by atoms with van der Waals surface area (Å²) in [5, 5.41) is 3.03. The molecule has 1 amide bonds. The van der Waals surface area contributed by atoms with Crippen LogP contribution in [-0.4, -0.2) is 31.9 Å². The van der Waals surface area contributed by atoms with Gasteiger partial charge in [0.1, 0.15) is 7.85 Å². The first-order chi connectivity index (χ1) is 6.60. The molecule has 1 aliphatic rings. The van der Waals surface area contributed by atoms with Crippen molar-refractivity contribution in [1.82, 2.24) is 5.32 Å². The summed E-state index contributed by atoms with van der Waals surface area (Å²) in [5.74, 6) is 0.541. The topological polar surface area (TPSA) is 38.3 Å². The highest BCUT2D eigenvalue weighted by molar-refractivity contribution is 6.12. The Morgan fingerprint density at radius 2 is 2.14 bits per heavy atom. The third-order valence-electron chi connectivity index (χ3n) is 3.10. The van der Waals surface area contributed by atoms with Crippen LogP contribution in [-0.2, 0) is 9.53 Å². The number of amides is 1. The molecule has 0 aromatic rings. The third kappa shape index (κ3) is 2.29. The van der Waals surface area contributed by atoms with E-state index in [0.717, 1.165) is 6.42 Å². The van der Waals surface area contributed by atoms with Gasteiger partial charge in [-0.3, -0.25) is 4.79 Å². The summed E-state index contributed by atoms with van der Waals surface area (Å²) in [4.78, 5) is 11.3. The summed E-state index contributed by atoms with van der Waals surface area (Å²) in [6, 6.07) is 0.331. The first-order valence-corrected chi connectivity index (χ1v) is 5.54. The van der Waals surface area contributed by atoms with Crippen molar-refractivity contribution < 1.29 is 9.53 Å². The smallest absolute Gasteiger partial charge is 0.220 e. The Labute approximate surface area is 87.0 Å². The fraction of sp³-hybridized carbons (Fsp3) is 0.900. The summed E-state index contributed by atoms with van der Waals surface area (Å²) < 4.78 is 5.77. The third-order valence-corrected chi connectivity index (χ3v) is 3.10. The molecule has 1 aliphatic heterocycles. The van der Waals surface area contributed by atoms with Gasteiger partial charge in [0, 0.05) is 18.3 Å². The Balaban J connectivity index is 2.56. The van der Waals surface area contributed by atoms with Crippen molar-refractivity contribution in [3.63, 3.8) is 0 Å². The Morgan fingerprint density at radius 3 is 2.57 bits per heavy atom. The van der Waals surface area contributed by atoms with Gasteiger partial charge in [-0.2, -0.15) is 0 Å². The van der Waals surface area contributed by atoms with Crippen LogP contribution >= 0.6 is 0 Å². The number of ether oxygens (including phenoxy) is 1. The highest BCUT2D eigenvalue weighted by atomic mass is 16.5. The highest BCUT2D eigenvalue weighted by Crippen LogP contribution is 2.27. The average Bonchev–Trinajstić information content (AvgIpc) is 2.44. The van der Waals surface area contributed by atoms with Gasteiger partial charge in [-0.15, -0.1) is 0 Å². The molecule has 14 heavy (non-hydrogen) atoms. The number of nitrogens with one attached hydrogen (secondary N) is 1. The van der Waals surface area contributed by atoms with E-state index < -0.39 is 0 Å². The van der Waals surface area contributed by atoms with Crippen LogP contribution in [0.2, 0.25) is 0 Å². The minimum atomic E-state index is 0.119. The normalized spacial score (nSPS) is 37.1. The lowest BCUT2D eigenvalue weighted by atomic mass is 9.86. The van der Waals surface area contributed by atoms with E-state index in [-0.39, 0.29) is 18.0 Å².